The highest BCUT2D eigenvalue weighted by molar-refractivity contribution is 5.83. The number of aromatic nitrogens is 2. The maximum atomic E-state index is 13.5. The van der Waals surface area contributed by atoms with Gasteiger partial charge in [0.25, 0.3) is 5.56 Å². The molecule has 0 spiro atoms. The minimum Gasteiger partial charge on any atom is -0.490 e. The summed E-state index contributed by atoms with van der Waals surface area (Å²) >= 11 is 0. The molecule has 0 aliphatic rings. The van der Waals surface area contributed by atoms with Crippen LogP contribution in [0.5, 0.6) is 11.5 Å². The van der Waals surface area contributed by atoms with Crippen LogP contribution in [0.25, 0.3) is 22.3 Å². The van der Waals surface area contributed by atoms with Crippen LogP contribution in [0.4, 0.5) is 0 Å². The lowest BCUT2D eigenvalue weighted by atomic mass is 10.1. The summed E-state index contributed by atoms with van der Waals surface area (Å²) in [4.78, 5) is 18.3. The van der Waals surface area contributed by atoms with Crippen molar-refractivity contribution >= 4 is 17.1 Å². The van der Waals surface area contributed by atoms with Gasteiger partial charge in [0, 0.05) is 16.7 Å². The summed E-state index contributed by atoms with van der Waals surface area (Å²) in [7, 11) is 0. The third-order valence-electron chi connectivity index (χ3n) is 6.44. The Morgan fingerprint density at radius 3 is 2.51 bits per heavy atom. The number of hydrogen-bond acceptors (Lipinski definition) is 6. The minimum absolute atomic E-state index is 0.208. The first-order valence-electron chi connectivity index (χ1n) is 13.3. The van der Waals surface area contributed by atoms with E-state index in [1.807, 2.05) is 85.8 Å². The Morgan fingerprint density at radius 1 is 0.976 bits per heavy atom. The number of rotatable bonds is 10. The fraction of sp³-hybridized carbons (Fsp3) is 0.118. The Bertz CT molecular complexity index is 1840. The van der Waals surface area contributed by atoms with E-state index in [0.29, 0.717) is 52.4 Å². The van der Waals surface area contributed by atoms with Crippen LogP contribution < -0.4 is 15.0 Å². The van der Waals surface area contributed by atoms with Gasteiger partial charge < -0.3 is 9.47 Å². The van der Waals surface area contributed by atoms with Crippen LogP contribution in [0.3, 0.4) is 0 Å². The quantitative estimate of drug-likeness (QED) is 0.149. The first kappa shape index (κ1) is 27.1. The van der Waals surface area contributed by atoms with Crippen LogP contribution in [-0.2, 0) is 13.0 Å². The second-order valence-corrected chi connectivity index (χ2v) is 9.17. The van der Waals surface area contributed by atoms with Crippen molar-refractivity contribution in [3.8, 4) is 29.0 Å². The van der Waals surface area contributed by atoms with Crippen molar-refractivity contribution in [2.24, 2.45) is 5.10 Å². The molecule has 0 aliphatic heterocycles. The lowest BCUT2D eigenvalue weighted by Crippen LogP contribution is -2.20. The Hall–Kier alpha value is -5.48. The second-order valence-electron chi connectivity index (χ2n) is 9.17. The van der Waals surface area contributed by atoms with Gasteiger partial charge in [-0.05, 0) is 49.2 Å². The summed E-state index contributed by atoms with van der Waals surface area (Å²) < 4.78 is 13.5. The summed E-state index contributed by atoms with van der Waals surface area (Å²) in [6.07, 6.45) is 3.92. The van der Waals surface area contributed by atoms with Gasteiger partial charge in [-0.15, -0.1) is 6.58 Å². The monoisotopic (exact) mass is 540 g/mol. The van der Waals surface area contributed by atoms with Crippen molar-refractivity contribution in [2.75, 3.05) is 6.61 Å². The molecule has 202 valence electrons. The molecule has 7 nitrogen and oxygen atoms in total. The van der Waals surface area contributed by atoms with E-state index in [1.165, 1.54) is 4.68 Å². The van der Waals surface area contributed by atoms with Gasteiger partial charge in [-0.25, -0.2) is 4.98 Å². The predicted octanol–water partition coefficient (Wildman–Crippen LogP) is 6.52. The molecule has 0 radical (unpaired) electrons. The average Bonchev–Trinajstić information content (AvgIpc) is 3.01. The van der Waals surface area contributed by atoms with Crippen molar-refractivity contribution in [1.82, 2.24) is 9.66 Å². The lowest BCUT2D eigenvalue weighted by molar-refractivity contribution is 0.267. The molecule has 0 unspecified atom stereocenters. The van der Waals surface area contributed by atoms with E-state index < -0.39 is 0 Å². The molecule has 0 fully saturated rings. The molecular formula is C34H28N4O3. The average molecular weight is 541 g/mol. The van der Waals surface area contributed by atoms with Gasteiger partial charge in [-0.1, -0.05) is 66.7 Å². The van der Waals surface area contributed by atoms with E-state index in [4.69, 9.17) is 14.5 Å². The number of para-hydroxylation sites is 1. The maximum absolute atomic E-state index is 13.5. The van der Waals surface area contributed by atoms with Gasteiger partial charge in [-0.3, -0.25) is 4.79 Å². The molecule has 0 saturated carbocycles. The zero-order valence-corrected chi connectivity index (χ0v) is 22.7. The molecule has 0 amide bonds. The first-order chi connectivity index (χ1) is 20.1. The summed E-state index contributed by atoms with van der Waals surface area (Å²) in [5.41, 5.74) is 4.01. The van der Waals surface area contributed by atoms with Gasteiger partial charge in [-0.2, -0.15) is 15.0 Å². The Morgan fingerprint density at radius 2 is 1.73 bits per heavy atom. The number of ether oxygens (including phenoxy) is 2. The smallest absolute Gasteiger partial charge is 0.282 e. The largest absolute Gasteiger partial charge is 0.490 e. The van der Waals surface area contributed by atoms with Gasteiger partial charge >= 0.3 is 0 Å². The molecule has 5 rings (SSSR count). The molecule has 5 aromatic rings. The zero-order chi connectivity index (χ0) is 28.6. The molecule has 0 aliphatic carbocycles. The molecule has 0 saturated heterocycles. The van der Waals surface area contributed by atoms with Crippen molar-refractivity contribution in [3.05, 3.63) is 136 Å². The van der Waals surface area contributed by atoms with E-state index in [2.05, 4.69) is 17.7 Å². The summed E-state index contributed by atoms with van der Waals surface area (Å²) in [5.74, 6) is 1.55. The van der Waals surface area contributed by atoms with E-state index in [9.17, 15) is 10.1 Å². The highest BCUT2D eigenvalue weighted by atomic mass is 16.5. The van der Waals surface area contributed by atoms with E-state index in [0.717, 1.165) is 16.7 Å². The van der Waals surface area contributed by atoms with Crippen molar-refractivity contribution in [3.63, 3.8) is 0 Å². The van der Waals surface area contributed by atoms with Crippen LogP contribution in [0.2, 0.25) is 0 Å². The molecular weight excluding hydrogens is 512 g/mol. The number of nitrogens with zero attached hydrogens (tertiary/aromatic N) is 4. The van der Waals surface area contributed by atoms with E-state index in [1.54, 1.807) is 24.4 Å². The summed E-state index contributed by atoms with van der Waals surface area (Å²) in [6.45, 7) is 6.43. The number of nitriles is 1. The maximum Gasteiger partial charge on any atom is 0.282 e. The summed E-state index contributed by atoms with van der Waals surface area (Å²) in [6, 6.07) is 30.0. The molecule has 41 heavy (non-hydrogen) atoms. The lowest BCUT2D eigenvalue weighted by Gasteiger charge is -2.17. The van der Waals surface area contributed by atoms with Gasteiger partial charge in [0.2, 0.25) is 0 Å². The Labute approximate surface area is 238 Å². The molecule has 1 aromatic heterocycles. The zero-order valence-electron chi connectivity index (χ0n) is 22.7. The number of fused-ring (bicyclic) bond motifs is 1. The summed E-state index contributed by atoms with van der Waals surface area (Å²) in [5, 5.41) is 14.6. The molecule has 0 atom stereocenters. The third-order valence-corrected chi connectivity index (χ3v) is 6.44. The fourth-order valence-electron chi connectivity index (χ4n) is 4.53. The van der Waals surface area contributed by atoms with Crippen LogP contribution in [0.1, 0.15) is 29.2 Å². The van der Waals surface area contributed by atoms with Crippen LogP contribution in [0.15, 0.2) is 114 Å². The third kappa shape index (κ3) is 5.92. The van der Waals surface area contributed by atoms with Crippen LogP contribution >= 0.6 is 0 Å². The first-order valence-corrected chi connectivity index (χ1v) is 13.3. The number of hydrogen-bond donors (Lipinski definition) is 0. The molecule has 0 N–H and O–H groups in total. The van der Waals surface area contributed by atoms with Gasteiger partial charge in [0.1, 0.15) is 6.61 Å². The second kappa shape index (κ2) is 12.6. The Balaban J connectivity index is 1.57. The molecule has 7 heteroatoms. The number of benzene rings is 4. The van der Waals surface area contributed by atoms with Crippen LogP contribution in [-0.4, -0.2) is 22.5 Å². The van der Waals surface area contributed by atoms with Crippen molar-refractivity contribution < 1.29 is 9.47 Å². The van der Waals surface area contributed by atoms with Crippen molar-refractivity contribution in [1.29, 1.82) is 5.26 Å². The highest BCUT2D eigenvalue weighted by Gasteiger charge is 2.15. The van der Waals surface area contributed by atoms with E-state index >= 15 is 0 Å². The van der Waals surface area contributed by atoms with E-state index in [-0.39, 0.29) is 12.2 Å². The topological polar surface area (TPSA) is 89.5 Å². The number of allylic oxidation sites excluding steroid dienone is 1. The molecule has 4 aromatic carbocycles. The fourth-order valence-corrected chi connectivity index (χ4v) is 4.53. The minimum atomic E-state index is -0.266. The Kier molecular flexibility index (Phi) is 8.32. The normalized spacial score (nSPS) is 10.9. The SMILES string of the molecule is C=CCc1cc(C=Nn2c(-c3ccccc3)nc3ccccc3c2=O)cc(OCC)c1OCc1ccccc1C#N. The van der Waals surface area contributed by atoms with Crippen LogP contribution in [0, 0.1) is 11.3 Å². The standard InChI is InChI=1S/C34H28N4O3/c1-3-12-26-19-24(20-31(40-4-2)32(26)41-23-28-16-9-8-15-27(28)21-35)22-36-38-33(25-13-6-5-7-14-25)37-30-18-11-10-17-29(30)34(38)39/h3,5-11,13-20,22H,1,4,12,23H2,2H3. The van der Waals surface area contributed by atoms with Gasteiger partial charge in [0.05, 0.1) is 35.4 Å². The van der Waals surface area contributed by atoms with Gasteiger partial charge in [0.15, 0.2) is 17.3 Å². The molecule has 0 bridgehead atoms. The molecule has 1 heterocycles. The predicted molar refractivity (Wildman–Crippen MR) is 161 cm³/mol. The van der Waals surface area contributed by atoms with Crippen molar-refractivity contribution in [2.45, 2.75) is 20.0 Å². The highest BCUT2D eigenvalue weighted by Crippen LogP contribution is 2.34.